The number of esters is 1. The summed E-state index contributed by atoms with van der Waals surface area (Å²) >= 11 is 0. The van der Waals surface area contributed by atoms with Crippen molar-refractivity contribution in [3.63, 3.8) is 0 Å². The minimum absolute atomic E-state index is 0.0405. The van der Waals surface area contributed by atoms with Crippen LogP contribution in [0.1, 0.15) is 35.7 Å². The minimum atomic E-state index is -0.400. The highest BCUT2D eigenvalue weighted by molar-refractivity contribution is 6.09. The molecule has 158 valence electrons. The Kier molecular flexibility index (Phi) is 8.68. The number of carbonyl (C=O) groups is 3. The Morgan fingerprint density at radius 3 is 2.07 bits per heavy atom. The van der Waals surface area contributed by atoms with Crippen LogP contribution in [0.15, 0.2) is 58.9 Å². The SMILES string of the molecule is CCOC(=O)CCC(=O)COc1ccc(C(=O)c2ccc(N=NN(C)C)cc2)cc1. The summed E-state index contributed by atoms with van der Waals surface area (Å²) in [6.07, 6.45) is 0.109. The predicted octanol–water partition coefficient (Wildman–Crippen LogP) is 3.77. The largest absolute Gasteiger partial charge is 0.486 e. The third-order valence-corrected chi connectivity index (χ3v) is 3.90. The Bertz CT molecular complexity index is 890. The molecule has 0 aliphatic rings. The fourth-order valence-electron chi connectivity index (χ4n) is 2.40. The molecule has 0 saturated carbocycles. The smallest absolute Gasteiger partial charge is 0.306 e. The average Bonchev–Trinajstić information content (AvgIpc) is 2.75. The number of nitrogens with zero attached hydrogens (tertiary/aromatic N) is 3. The van der Waals surface area contributed by atoms with Crippen molar-refractivity contribution in [2.24, 2.45) is 10.3 Å². The number of hydrogen-bond donors (Lipinski definition) is 0. The zero-order valence-electron chi connectivity index (χ0n) is 17.3. The molecule has 0 aromatic heterocycles. The summed E-state index contributed by atoms with van der Waals surface area (Å²) in [5.41, 5.74) is 1.68. The van der Waals surface area contributed by atoms with E-state index in [2.05, 4.69) is 10.3 Å². The van der Waals surface area contributed by atoms with E-state index in [0.717, 1.165) is 0 Å². The molecule has 2 aromatic rings. The van der Waals surface area contributed by atoms with E-state index in [1.807, 2.05) is 0 Å². The Morgan fingerprint density at radius 2 is 1.50 bits per heavy atom. The molecule has 0 bridgehead atoms. The third-order valence-electron chi connectivity index (χ3n) is 3.90. The lowest BCUT2D eigenvalue weighted by Gasteiger charge is -2.07. The first-order valence-corrected chi connectivity index (χ1v) is 9.53. The Morgan fingerprint density at radius 1 is 0.900 bits per heavy atom. The first kappa shape index (κ1) is 22.7. The number of ketones is 2. The van der Waals surface area contributed by atoms with Crippen LogP contribution in [0.2, 0.25) is 0 Å². The van der Waals surface area contributed by atoms with Crippen LogP contribution in [0.5, 0.6) is 5.75 Å². The zero-order valence-corrected chi connectivity index (χ0v) is 17.3. The molecule has 8 heteroatoms. The van der Waals surface area contributed by atoms with E-state index in [1.54, 1.807) is 74.6 Å². The molecule has 0 fully saturated rings. The summed E-state index contributed by atoms with van der Waals surface area (Å²) in [5, 5.41) is 9.52. The van der Waals surface area contributed by atoms with E-state index in [9.17, 15) is 14.4 Å². The molecular weight excluding hydrogens is 386 g/mol. The molecule has 8 nitrogen and oxygen atoms in total. The quantitative estimate of drug-likeness (QED) is 0.242. The number of carbonyl (C=O) groups excluding carboxylic acids is 3. The van der Waals surface area contributed by atoms with Crippen LogP contribution in [0.3, 0.4) is 0 Å². The lowest BCUT2D eigenvalue weighted by atomic mass is 10.0. The summed E-state index contributed by atoms with van der Waals surface area (Å²) in [7, 11) is 3.54. The van der Waals surface area contributed by atoms with E-state index < -0.39 is 5.97 Å². The van der Waals surface area contributed by atoms with Gasteiger partial charge in [0.05, 0.1) is 18.7 Å². The normalized spacial score (nSPS) is 10.6. The maximum absolute atomic E-state index is 12.6. The second kappa shape index (κ2) is 11.5. The van der Waals surface area contributed by atoms with Crippen molar-refractivity contribution >= 4 is 23.2 Å². The molecule has 0 N–H and O–H groups in total. The van der Waals surface area contributed by atoms with Crippen molar-refractivity contribution in [3.05, 3.63) is 59.7 Å². The highest BCUT2D eigenvalue weighted by Crippen LogP contribution is 2.19. The molecular formula is C22H25N3O5. The molecule has 0 aliphatic heterocycles. The second-order valence-corrected chi connectivity index (χ2v) is 6.57. The van der Waals surface area contributed by atoms with Gasteiger partial charge in [0.2, 0.25) is 0 Å². The Hall–Kier alpha value is -3.55. The predicted molar refractivity (Wildman–Crippen MR) is 111 cm³/mol. The molecule has 0 spiro atoms. The molecule has 0 amide bonds. The summed E-state index contributed by atoms with van der Waals surface area (Å²) in [4.78, 5) is 35.7. The van der Waals surface area contributed by atoms with E-state index in [0.29, 0.717) is 29.2 Å². The summed E-state index contributed by atoms with van der Waals surface area (Å²) < 4.78 is 10.2. The summed E-state index contributed by atoms with van der Waals surface area (Å²) in [5.74, 6) is -0.268. The van der Waals surface area contributed by atoms with Gasteiger partial charge in [-0.25, -0.2) is 0 Å². The van der Waals surface area contributed by atoms with Crippen LogP contribution in [0.25, 0.3) is 0 Å². The Labute approximate surface area is 175 Å². The van der Waals surface area contributed by atoms with Gasteiger partial charge >= 0.3 is 5.97 Å². The van der Waals surface area contributed by atoms with Gasteiger partial charge in [-0.2, -0.15) is 0 Å². The average molecular weight is 411 g/mol. The lowest BCUT2D eigenvalue weighted by molar-refractivity contribution is -0.144. The Balaban J connectivity index is 1.88. The van der Waals surface area contributed by atoms with Crippen LogP contribution >= 0.6 is 0 Å². The van der Waals surface area contributed by atoms with Crippen LogP contribution < -0.4 is 4.74 Å². The number of rotatable bonds is 11. The van der Waals surface area contributed by atoms with Gasteiger partial charge in [-0.05, 0) is 55.5 Å². The molecule has 0 atom stereocenters. The fraction of sp³-hybridized carbons (Fsp3) is 0.318. The van der Waals surface area contributed by atoms with Crippen molar-refractivity contribution in [2.45, 2.75) is 19.8 Å². The minimum Gasteiger partial charge on any atom is -0.486 e. The monoisotopic (exact) mass is 411 g/mol. The summed E-state index contributed by atoms with van der Waals surface area (Å²) in [6, 6.07) is 13.4. The number of hydrogen-bond acceptors (Lipinski definition) is 7. The van der Waals surface area contributed by atoms with Gasteiger partial charge < -0.3 is 9.47 Å². The van der Waals surface area contributed by atoms with Crippen molar-refractivity contribution in [1.82, 2.24) is 5.01 Å². The molecule has 2 aromatic carbocycles. The maximum atomic E-state index is 12.6. The molecule has 2 rings (SSSR count). The highest BCUT2D eigenvalue weighted by atomic mass is 16.5. The zero-order chi connectivity index (χ0) is 21.9. The lowest BCUT2D eigenvalue weighted by Crippen LogP contribution is -2.14. The van der Waals surface area contributed by atoms with Crippen LogP contribution in [-0.4, -0.2) is 49.9 Å². The van der Waals surface area contributed by atoms with Gasteiger partial charge in [0.25, 0.3) is 0 Å². The van der Waals surface area contributed by atoms with E-state index >= 15 is 0 Å². The molecule has 0 unspecified atom stereocenters. The molecule has 0 radical (unpaired) electrons. The highest BCUT2D eigenvalue weighted by Gasteiger charge is 2.11. The van der Waals surface area contributed by atoms with Gasteiger partial charge in [0.15, 0.2) is 11.6 Å². The van der Waals surface area contributed by atoms with Crippen molar-refractivity contribution in [2.75, 3.05) is 27.3 Å². The molecule has 30 heavy (non-hydrogen) atoms. The van der Waals surface area contributed by atoms with Gasteiger partial charge in [0, 0.05) is 31.6 Å². The summed E-state index contributed by atoms with van der Waals surface area (Å²) in [6.45, 7) is 1.86. The van der Waals surface area contributed by atoms with Crippen molar-refractivity contribution in [1.29, 1.82) is 0 Å². The van der Waals surface area contributed by atoms with Crippen LogP contribution in [-0.2, 0) is 14.3 Å². The van der Waals surface area contributed by atoms with Crippen LogP contribution in [0.4, 0.5) is 5.69 Å². The van der Waals surface area contributed by atoms with E-state index in [1.165, 1.54) is 0 Å². The third kappa shape index (κ3) is 7.46. The van der Waals surface area contributed by atoms with Gasteiger partial charge in [-0.15, -0.1) is 5.11 Å². The number of benzene rings is 2. The number of ether oxygens (including phenoxy) is 2. The second-order valence-electron chi connectivity index (χ2n) is 6.57. The van der Waals surface area contributed by atoms with E-state index in [-0.39, 0.29) is 31.0 Å². The van der Waals surface area contributed by atoms with E-state index in [4.69, 9.17) is 9.47 Å². The fourth-order valence-corrected chi connectivity index (χ4v) is 2.40. The first-order chi connectivity index (χ1) is 14.4. The standard InChI is InChI=1S/C22H25N3O5/c1-4-29-21(27)14-11-19(26)15-30-20-12-7-17(8-13-20)22(28)16-5-9-18(10-6-16)23-24-25(2)3/h5-10,12-13H,4,11,14-15H2,1-3H3. The first-order valence-electron chi connectivity index (χ1n) is 9.53. The topological polar surface area (TPSA) is 97.6 Å². The molecule has 0 heterocycles. The number of Topliss-reactive ketones (excluding diaryl/α,β-unsaturated/α-hetero) is 1. The van der Waals surface area contributed by atoms with Crippen molar-refractivity contribution < 1.29 is 23.9 Å². The molecule has 0 aliphatic carbocycles. The van der Waals surface area contributed by atoms with Gasteiger partial charge in [-0.1, -0.05) is 5.22 Å². The van der Waals surface area contributed by atoms with Crippen molar-refractivity contribution in [3.8, 4) is 5.75 Å². The van der Waals surface area contributed by atoms with Crippen LogP contribution in [0, 0.1) is 0 Å². The maximum Gasteiger partial charge on any atom is 0.306 e. The van der Waals surface area contributed by atoms with Gasteiger partial charge in [0.1, 0.15) is 12.4 Å². The van der Waals surface area contributed by atoms with Gasteiger partial charge in [-0.3, -0.25) is 19.4 Å². The molecule has 0 saturated heterocycles.